The van der Waals surface area contributed by atoms with E-state index in [2.05, 4.69) is 38.6 Å². The van der Waals surface area contributed by atoms with Crippen molar-refractivity contribution in [2.75, 3.05) is 0 Å². The predicted molar refractivity (Wildman–Crippen MR) is 66.4 cm³/mol. The van der Waals surface area contributed by atoms with Gasteiger partial charge in [0, 0.05) is 24.5 Å². The Morgan fingerprint density at radius 2 is 2.31 bits per heavy atom. The zero-order valence-corrected chi connectivity index (χ0v) is 10.7. The minimum atomic E-state index is -0.193. The van der Waals surface area contributed by atoms with E-state index in [9.17, 15) is 5.11 Å². The molecular formula is C12H13BrN2O. The first-order chi connectivity index (χ1) is 7.66. The van der Waals surface area contributed by atoms with Gasteiger partial charge in [0.2, 0.25) is 0 Å². The zero-order chi connectivity index (χ0) is 11.3. The van der Waals surface area contributed by atoms with Crippen LogP contribution in [0.2, 0.25) is 0 Å². The quantitative estimate of drug-likeness (QED) is 0.752. The maximum atomic E-state index is 9.74. The van der Waals surface area contributed by atoms with Gasteiger partial charge in [-0.15, -0.1) is 0 Å². The first kappa shape index (κ1) is 10.3. The van der Waals surface area contributed by atoms with Crippen LogP contribution in [-0.4, -0.2) is 20.8 Å². The zero-order valence-electron chi connectivity index (χ0n) is 9.07. The number of hydrogen-bond donors (Lipinski definition) is 1. The first-order valence-corrected chi connectivity index (χ1v) is 6.27. The minimum absolute atomic E-state index is 0.193. The fourth-order valence-electron chi connectivity index (χ4n) is 2.59. The maximum Gasteiger partial charge on any atom is 0.141 e. The molecule has 2 aromatic heterocycles. The maximum absolute atomic E-state index is 9.74. The Hall–Kier alpha value is -0.870. The monoisotopic (exact) mass is 280 g/mol. The normalized spacial score (nSPS) is 20.1. The van der Waals surface area contributed by atoms with Crippen LogP contribution in [0.15, 0.2) is 16.7 Å². The highest BCUT2D eigenvalue weighted by Crippen LogP contribution is 2.31. The average Bonchev–Trinajstić information content (AvgIpc) is 2.52. The summed E-state index contributed by atoms with van der Waals surface area (Å²) in [5, 5.41) is 10.9. The molecule has 1 atom stereocenters. The van der Waals surface area contributed by atoms with Gasteiger partial charge in [0.15, 0.2) is 0 Å². The molecule has 0 saturated carbocycles. The van der Waals surface area contributed by atoms with Crippen molar-refractivity contribution in [1.82, 2.24) is 9.55 Å². The number of hydrogen-bond acceptors (Lipinski definition) is 2. The van der Waals surface area contributed by atoms with Gasteiger partial charge in [0.25, 0.3) is 0 Å². The third-order valence-electron chi connectivity index (χ3n) is 3.39. The standard InChI is InChI=1S/C12H13BrN2O/c1-15-10-4-2-7(16)6-9(10)8-3-5-11(13)14-12(8)15/h3,5,7,16H,2,4,6H2,1H3. The molecule has 0 aliphatic heterocycles. The van der Waals surface area contributed by atoms with Crippen molar-refractivity contribution < 1.29 is 5.11 Å². The molecule has 3 rings (SSSR count). The highest BCUT2D eigenvalue weighted by molar-refractivity contribution is 9.10. The van der Waals surface area contributed by atoms with Gasteiger partial charge in [-0.2, -0.15) is 0 Å². The van der Waals surface area contributed by atoms with Gasteiger partial charge in [-0.1, -0.05) is 0 Å². The molecule has 0 radical (unpaired) electrons. The molecule has 2 heterocycles. The highest BCUT2D eigenvalue weighted by Gasteiger charge is 2.23. The van der Waals surface area contributed by atoms with E-state index in [1.165, 1.54) is 16.6 Å². The second-order valence-corrected chi connectivity index (χ2v) is 5.20. The summed E-state index contributed by atoms with van der Waals surface area (Å²) in [6.45, 7) is 0. The van der Waals surface area contributed by atoms with E-state index in [4.69, 9.17) is 0 Å². The highest BCUT2D eigenvalue weighted by atomic mass is 79.9. The Morgan fingerprint density at radius 3 is 3.12 bits per heavy atom. The largest absolute Gasteiger partial charge is 0.393 e. The molecule has 2 aromatic rings. The summed E-state index contributed by atoms with van der Waals surface area (Å²) in [7, 11) is 2.05. The Balaban J connectivity index is 2.32. The minimum Gasteiger partial charge on any atom is -0.393 e. The summed E-state index contributed by atoms with van der Waals surface area (Å²) in [6, 6.07) is 4.05. The molecule has 0 saturated heterocycles. The Kier molecular flexibility index (Phi) is 2.30. The predicted octanol–water partition coefficient (Wildman–Crippen LogP) is 2.19. The molecule has 1 unspecified atom stereocenters. The van der Waals surface area contributed by atoms with Crippen LogP contribution >= 0.6 is 15.9 Å². The van der Waals surface area contributed by atoms with Crippen LogP contribution in [-0.2, 0) is 19.9 Å². The number of aromatic nitrogens is 2. The summed E-state index contributed by atoms with van der Waals surface area (Å²) < 4.78 is 3.01. The van der Waals surface area contributed by atoms with Gasteiger partial charge in [-0.05, 0) is 46.5 Å². The number of pyridine rings is 1. The van der Waals surface area contributed by atoms with Crippen molar-refractivity contribution in [3.63, 3.8) is 0 Å². The number of rotatable bonds is 0. The molecule has 16 heavy (non-hydrogen) atoms. The number of aliphatic hydroxyl groups is 1. The van der Waals surface area contributed by atoms with Crippen LogP contribution in [0, 0.1) is 0 Å². The van der Waals surface area contributed by atoms with Gasteiger partial charge >= 0.3 is 0 Å². The second-order valence-electron chi connectivity index (χ2n) is 4.39. The lowest BCUT2D eigenvalue weighted by Gasteiger charge is -2.18. The van der Waals surface area contributed by atoms with Crippen LogP contribution in [0.5, 0.6) is 0 Å². The van der Waals surface area contributed by atoms with E-state index < -0.39 is 0 Å². The Labute approximate surface area is 102 Å². The third-order valence-corrected chi connectivity index (χ3v) is 3.83. The molecule has 0 spiro atoms. The fourth-order valence-corrected chi connectivity index (χ4v) is 2.89. The third kappa shape index (κ3) is 1.40. The van der Waals surface area contributed by atoms with Crippen LogP contribution in [0.1, 0.15) is 17.7 Å². The summed E-state index contributed by atoms with van der Waals surface area (Å²) in [5.74, 6) is 0. The molecule has 1 N–H and O–H groups in total. The summed E-state index contributed by atoms with van der Waals surface area (Å²) >= 11 is 3.40. The van der Waals surface area contributed by atoms with Crippen molar-refractivity contribution in [2.24, 2.45) is 7.05 Å². The van der Waals surface area contributed by atoms with Gasteiger partial charge < -0.3 is 9.67 Å². The summed E-state index contributed by atoms with van der Waals surface area (Å²) in [6.07, 6.45) is 2.37. The lowest BCUT2D eigenvalue weighted by Crippen LogP contribution is -2.19. The van der Waals surface area contributed by atoms with E-state index in [0.29, 0.717) is 0 Å². The van der Waals surface area contributed by atoms with Crippen molar-refractivity contribution in [1.29, 1.82) is 0 Å². The van der Waals surface area contributed by atoms with Crippen molar-refractivity contribution in [3.8, 4) is 0 Å². The molecule has 3 nitrogen and oxygen atoms in total. The lowest BCUT2D eigenvalue weighted by molar-refractivity contribution is 0.158. The van der Waals surface area contributed by atoms with Crippen LogP contribution in [0.4, 0.5) is 0 Å². The molecule has 0 amide bonds. The Morgan fingerprint density at radius 1 is 1.50 bits per heavy atom. The number of aryl methyl sites for hydroxylation is 1. The topological polar surface area (TPSA) is 38.0 Å². The molecule has 0 bridgehead atoms. The molecule has 1 aliphatic rings. The van der Waals surface area contributed by atoms with Crippen LogP contribution < -0.4 is 0 Å². The van der Waals surface area contributed by atoms with E-state index >= 15 is 0 Å². The van der Waals surface area contributed by atoms with Gasteiger partial charge in [-0.3, -0.25) is 0 Å². The fraction of sp³-hybridized carbons (Fsp3) is 0.417. The number of aliphatic hydroxyl groups excluding tert-OH is 1. The lowest BCUT2D eigenvalue weighted by atomic mass is 9.94. The molecule has 0 fully saturated rings. The van der Waals surface area contributed by atoms with Crippen molar-refractivity contribution >= 4 is 27.0 Å². The van der Waals surface area contributed by atoms with E-state index in [0.717, 1.165) is 29.5 Å². The number of fused-ring (bicyclic) bond motifs is 3. The van der Waals surface area contributed by atoms with E-state index in [1.54, 1.807) is 0 Å². The summed E-state index contributed by atoms with van der Waals surface area (Å²) in [5.41, 5.74) is 3.61. The summed E-state index contributed by atoms with van der Waals surface area (Å²) in [4.78, 5) is 4.50. The second kappa shape index (κ2) is 3.57. The van der Waals surface area contributed by atoms with Gasteiger partial charge in [0.1, 0.15) is 10.3 Å². The van der Waals surface area contributed by atoms with Gasteiger partial charge in [-0.25, -0.2) is 4.98 Å². The molecule has 4 heteroatoms. The van der Waals surface area contributed by atoms with Crippen LogP contribution in [0.3, 0.4) is 0 Å². The SMILES string of the molecule is Cn1c2c(c3ccc(Br)nc31)CC(O)CC2. The van der Waals surface area contributed by atoms with Crippen molar-refractivity contribution in [3.05, 3.63) is 28.0 Å². The average molecular weight is 281 g/mol. The van der Waals surface area contributed by atoms with Gasteiger partial charge in [0.05, 0.1) is 6.10 Å². The Bertz CT molecular complexity index is 562. The van der Waals surface area contributed by atoms with Crippen LogP contribution in [0.25, 0.3) is 11.0 Å². The molecular weight excluding hydrogens is 268 g/mol. The first-order valence-electron chi connectivity index (χ1n) is 5.47. The molecule has 1 aliphatic carbocycles. The van der Waals surface area contributed by atoms with E-state index in [1.807, 2.05) is 6.07 Å². The molecule has 0 aromatic carbocycles. The van der Waals surface area contributed by atoms with Crippen molar-refractivity contribution in [2.45, 2.75) is 25.4 Å². The number of halogens is 1. The molecule has 84 valence electrons. The smallest absolute Gasteiger partial charge is 0.141 e. The van der Waals surface area contributed by atoms with E-state index in [-0.39, 0.29) is 6.10 Å². The number of nitrogens with zero attached hydrogens (tertiary/aromatic N) is 2.